The Kier molecular flexibility index (Phi) is 9.94. The van der Waals surface area contributed by atoms with Gasteiger partial charge in [0.1, 0.15) is 5.83 Å². The van der Waals surface area contributed by atoms with Crippen LogP contribution in [-0.4, -0.2) is 55.7 Å². The summed E-state index contributed by atoms with van der Waals surface area (Å²) in [4.78, 5) is 13.1. The van der Waals surface area contributed by atoms with Crippen LogP contribution in [-0.2, 0) is 0 Å². The number of nitrogen functional groups attached to an aromatic ring is 1. The van der Waals surface area contributed by atoms with Crippen molar-refractivity contribution in [2.24, 2.45) is 5.73 Å². The van der Waals surface area contributed by atoms with E-state index in [0.717, 1.165) is 0 Å². The first kappa shape index (κ1) is 28.5. The SMILES string of the molecule is C=C(N)CCNC(/C=C(F)/C(C(=O)c1ccc(N)c(C)c1)=C(Cl)\C=C/C)C(O)(O)C(O)(O)O. The van der Waals surface area contributed by atoms with Crippen LogP contribution < -0.4 is 16.8 Å². The maximum atomic E-state index is 15.4. The highest BCUT2D eigenvalue weighted by atomic mass is 35.5. The number of aryl methyl sites for hydroxylation is 1. The van der Waals surface area contributed by atoms with Gasteiger partial charge in [0.15, 0.2) is 5.78 Å². The van der Waals surface area contributed by atoms with Crippen LogP contribution in [0.25, 0.3) is 0 Å². The summed E-state index contributed by atoms with van der Waals surface area (Å²) in [5.74, 6) is -9.96. The van der Waals surface area contributed by atoms with Gasteiger partial charge in [0.05, 0.1) is 16.6 Å². The summed E-state index contributed by atoms with van der Waals surface area (Å²) in [7, 11) is 0. The number of ketones is 1. The monoisotopic (exact) mass is 485 g/mol. The van der Waals surface area contributed by atoms with Crippen molar-refractivity contribution in [3.63, 3.8) is 0 Å². The molecule has 1 aromatic rings. The fourth-order valence-electron chi connectivity index (χ4n) is 2.67. The first-order valence-corrected chi connectivity index (χ1v) is 10.1. The van der Waals surface area contributed by atoms with Crippen molar-refractivity contribution in [1.29, 1.82) is 0 Å². The molecule has 0 aliphatic carbocycles. The van der Waals surface area contributed by atoms with Gasteiger partial charge in [0, 0.05) is 23.5 Å². The van der Waals surface area contributed by atoms with Gasteiger partial charge in [-0.15, -0.1) is 0 Å². The number of carbonyl (C=O) groups excluding carboxylic acids is 1. The summed E-state index contributed by atoms with van der Waals surface area (Å²) >= 11 is 6.14. The number of anilines is 1. The molecule has 0 bridgehead atoms. The second kappa shape index (κ2) is 11.5. The van der Waals surface area contributed by atoms with E-state index >= 15 is 4.39 Å². The Labute approximate surface area is 195 Å². The quantitative estimate of drug-likeness (QED) is 0.0738. The maximum absolute atomic E-state index is 15.4. The van der Waals surface area contributed by atoms with Crippen LogP contribution in [0.15, 0.2) is 65.1 Å². The molecule has 33 heavy (non-hydrogen) atoms. The largest absolute Gasteiger partial charge is 0.402 e. The Balaban J connectivity index is 3.58. The average molecular weight is 486 g/mol. The molecule has 0 amide bonds. The molecular weight excluding hydrogens is 457 g/mol. The molecule has 1 unspecified atom stereocenters. The van der Waals surface area contributed by atoms with Gasteiger partial charge < -0.3 is 42.3 Å². The highest BCUT2D eigenvalue weighted by Gasteiger charge is 2.52. The lowest BCUT2D eigenvalue weighted by Gasteiger charge is -2.35. The van der Waals surface area contributed by atoms with Crippen LogP contribution in [0.5, 0.6) is 0 Å². The second-order valence-corrected chi connectivity index (χ2v) is 7.75. The number of allylic oxidation sites excluding steroid dienone is 5. The second-order valence-electron chi connectivity index (χ2n) is 7.34. The standard InChI is InChI=1S/C22H29ClFN3O6/c1-4-5-15(23)19(20(28)14-6-7-17(26)12(2)10-14)16(24)11-18(27-9-8-13(3)25)21(29,30)22(31,32)33/h4-7,10-11,18,27,29-33H,3,8-9,25-26H2,1-2H3/b5-4-,16-11-,19-15-. The van der Waals surface area contributed by atoms with Crippen LogP contribution in [0.3, 0.4) is 0 Å². The van der Waals surface area contributed by atoms with Gasteiger partial charge in [-0.1, -0.05) is 24.3 Å². The zero-order valence-corrected chi connectivity index (χ0v) is 19.0. The molecule has 10 N–H and O–H groups in total. The summed E-state index contributed by atoms with van der Waals surface area (Å²) in [6.07, 6.45) is 3.25. The molecule has 1 atom stereocenters. The lowest BCUT2D eigenvalue weighted by atomic mass is 9.96. The van der Waals surface area contributed by atoms with Gasteiger partial charge in [-0.2, -0.15) is 0 Å². The number of carbonyl (C=O) groups is 1. The average Bonchev–Trinajstić information content (AvgIpc) is 2.68. The van der Waals surface area contributed by atoms with E-state index in [9.17, 15) is 30.3 Å². The van der Waals surface area contributed by atoms with Gasteiger partial charge in [-0.3, -0.25) is 4.79 Å². The number of nitrogens with two attached hydrogens (primary N) is 2. The summed E-state index contributed by atoms with van der Waals surface area (Å²) in [6, 6.07) is 2.21. The van der Waals surface area contributed by atoms with Crippen molar-refractivity contribution in [1.82, 2.24) is 5.32 Å². The lowest BCUT2D eigenvalue weighted by molar-refractivity contribution is -0.449. The Morgan fingerprint density at radius 1 is 1.30 bits per heavy atom. The third-order valence-electron chi connectivity index (χ3n) is 4.60. The highest BCUT2D eigenvalue weighted by molar-refractivity contribution is 6.35. The van der Waals surface area contributed by atoms with Gasteiger partial charge >= 0.3 is 5.97 Å². The third-order valence-corrected chi connectivity index (χ3v) is 4.92. The van der Waals surface area contributed by atoms with Crippen LogP contribution in [0.2, 0.25) is 0 Å². The van der Waals surface area contributed by atoms with Crippen molar-refractivity contribution in [3.05, 3.63) is 76.3 Å². The van der Waals surface area contributed by atoms with Crippen molar-refractivity contribution >= 4 is 23.1 Å². The smallest absolute Gasteiger partial charge is 0.334 e. The molecule has 182 valence electrons. The van der Waals surface area contributed by atoms with Crippen LogP contribution in [0.1, 0.15) is 29.3 Å². The molecule has 0 heterocycles. The summed E-state index contributed by atoms with van der Waals surface area (Å²) in [5.41, 5.74) is 11.8. The topological polar surface area (TPSA) is 182 Å². The van der Waals surface area contributed by atoms with E-state index in [1.54, 1.807) is 13.8 Å². The van der Waals surface area contributed by atoms with Crippen LogP contribution >= 0.6 is 11.6 Å². The summed E-state index contributed by atoms with van der Waals surface area (Å²) < 4.78 is 15.4. The Bertz CT molecular complexity index is 983. The van der Waals surface area contributed by atoms with Crippen molar-refractivity contribution in [2.75, 3.05) is 12.3 Å². The normalized spacial score (nSPS) is 14.9. The molecule has 0 aromatic heterocycles. The molecule has 0 saturated heterocycles. The van der Waals surface area contributed by atoms with Crippen molar-refractivity contribution in [3.8, 4) is 0 Å². The molecule has 0 aliphatic rings. The fourth-order valence-corrected chi connectivity index (χ4v) is 2.97. The predicted octanol–water partition coefficient (Wildman–Crippen LogP) is 0.815. The minimum Gasteiger partial charge on any atom is -0.402 e. The van der Waals surface area contributed by atoms with E-state index < -0.39 is 35.0 Å². The van der Waals surface area contributed by atoms with Gasteiger partial charge in [-0.25, -0.2) is 4.39 Å². The lowest BCUT2D eigenvalue weighted by Crippen LogP contribution is -2.65. The Hall–Kier alpha value is -2.57. The van der Waals surface area contributed by atoms with Crippen molar-refractivity contribution in [2.45, 2.75) is 38.1 Å². The molecule has 1 rings (SSSR count). The number of hydrogen-bond donors (Lipinski definition) is 8. The number of Topliss-reactive ketones (excluding diaryl/α,β-unsaturated/α-hetero) is 1. The van der Waals surface area contributed by atoms with Gasteiger partial charge in [0.25, 0.3) is 5.79 Å². The predicted molar refractivity (Wildman–Crippen MR) is 123 cm³/mol. The van der Waals surface area contributed by atoms with Crippen LogP contribution in [0, 0.1) is 6.92 Å². The van der Waals surface area contributed by atoms with E-state index in [1.165, 1.54) is 30.4 Å². The van der Waals surface area contributed by atoms with E-state index in [-0.39, 0.29) is 29.3 Å². The molecular formula is C22H29ClFN3O6. The highest BCUT2D eigenvalue weighted by Crippen LogP contribution is 2.29. The molecule has 0 saturated carbocycles. The molecule has 1 aromatic carbocycles. The van der Waals surface area contributed by atoms with Crippen molar-refractivity contribution < 1.29 is 34.7 Å². The summed E-state index contributed by atoms with van der Waals surface area (Å²) in [6.45, 7) is 6.55. The van der Waals surface area contributed by atoms with E-state index in [0.29, 0.717) is 17.3 Å². The minimum atomic E-state index is -4.06. The number of hydrogen-bond acceptors (Lipinski definition) is 9. The number of rotatable bonds is 11. The molecule has 11 heteroatoms. The Morgan fingerprint density at radius 2 is 1.91 bits per heavy atom. The van der Waals surface area contributed by atoms with E-state index in [1.807, 2.05) is 0 Å². The van der Waals surface area contributed by atoms with Gasteiger partial charge in [-0.05, 0) is 56.2 Å². The zero-order valence-electron chi connectivity index (χ0n) is 18.2. The number of aliphatic hydroxyl groups is 5. The first-order chi connectivity index (χ1) is 15.1. The third kappa shape index (κ3) is 7.47. The molecule has 0 spiro atoms. The number of benzene rings is 1. The molecule has 0 fully saturated rings. The maximum Gasteiger partial charge on any atom is 0.334 e. The number of nitrogens with one attached hydrogen (secondary N) is 1. The van der Waals surface area contributed by atoms with Gasteiger partial charge in [0.2, 0.25) is 0 Å². The van der Waals surface area contributed by atoms with E-state index in [4.69, 9.17) is 23.1 Å². The van der Waals surface area contributed by atoms with E-state index in [2.05, 4.69) is 11.9 Å². The summed E-state index contributed by atoms with van der Waals surface area (Å²) in [5, 5.41) is 50.3. The number of halogens is 2. The first-order valence-electron chi connectivity index (χ1n) is 9.72. The molecule has 9 nitrogen and oxygen atoms in total. The molecule has 0 aliphatic heterocycles. The minimum absolute atomic E-state index is 0.0481. The van der Waals surface area contributed by atoms with Crippen LogP contribution in [0.4, 0.5) is 10.1 Å². The zero-order chi connectivity index (χ0) is 25.6. The molecule has 0 radical (unpaired) electrons. The fraction of sp³-hybridized carbons (Fsp3) is 0.318. The Morgan fingerprint density at radius 3 is 2.39 bits per heavy atom.